The molecule has 108 valence electrons. The average molecular weight is 277 g/mol. The highest BCUT2D eigenvalue weighted by Gasteiger charge is 2.33. The Bertz CT molecular complexity index is 527. The van der Waals surface area contributed by atoms with E-state index in [-0.39, 0.29) is 5.91 Å². The summed E-state index contributed by atoms with van der Waals surface area (Å²) in [7, 11) is 0. The third kappa shape index (κ3) is 2.48. The molecule has 1 unspecified atom stereocenters. The lowest BCUT2D eigenvalue weighted by Crippen LogP contribution is -2.45. The first-order valence-corrected chi connectivity index (χ1v) is 6.86. The SMILES string of the molecule is CCCN1C(=O)C(C)Oc2c(OCC)cc(C=O)cc21. The molecule has 0 aliphatic carbocycles. The fourth-order valence-corrected chi connectivity index (χ4v) is 2.28. The molecular weight excluding hydrogens is 258 g/mol. The molecule has 0 aromatic heterocycles. The fraction of sp³-hybridized carbons (Fsp3) is 0.467. The van der Waals surface area contributed by atoms with E-state index in [1.165, 1.54) is 0 Å². The second-order valence-corrected chi connectivity index (χ2v) is 4.67. The van der Waals surface area contributed by atoms with Gasteiger partial charge in [0.1, 0.15) is 6.29 Å². The summed E-state index contributed by atoms with van der Waals surface area (Å²) >= 11 is 0. The summed E-state index contributed by atoms with van der Waals surface area (Å²) in [6.45, 7) is 6.64. The molecule has 1 aromatic rings. The second-order valence-electron chi connectivity index (χ2n) is 4.67. The van der Waals surface area contributed by atoms with Crippen molar-refractivity contribution in [3.8, 4) is 11.5 Å². The Hall–Kier alpha value is -2.04. The van der Waals surface area contributed by atoms with Crippen molar-refractivity contribution < 1.29 is 19.1 Å². The number of benzene rings is 1. The fourth-order valence-electron chi connectivity index (χ4n) is 2.28. The highest BCUT2D eigenvalue weighted by atomic mass is 16.5. The molecule has 0 fully saturated rings. The van der Waals surface area contributed by atoms with Crippen LogP contribution in [0.25, 0.3) is 0 Å². The number of nitrogens with zero attached hydrogens (tertiary/aromatic N) is 1. The van der Waals surface area contributed by atoms with Crippen LogP contribution in [-0.2, 0) is 4.79 Å². The number of ether oxygens (including phenoxy) is 2. The molecule has 0 saturated heterocycles. The van der Waals surface area contributed by atoms with Crippen molar-refractivity contribution in [3.63, 3.8) is 0 Å². The van der Waals surface area contributed by atoms with Crippen molar-refractivity contribution in [3.05, 3.63) is 17.7 Å². The summed E-state index contributed by atoms with van der Waals surface area (Å²) in [6, 6.07) is 3.31. The van der Waals surface area contributed by atoms with Crippen LogP contribution in [0, 0.1) is 0 Å². The quantitative estimate of drug-likeness (QED) is 0.776. The van der Waals surface area contributed by atoms with Crippen LogP contribution in [0.15, 0.2) is 12.1 Å². The first-order chi connectivity index (χ1) is 9.62. The van der Waals surface area contributed by atoms with Crippen LogP contribution < -0.4 is 14.4 Å². The van der Waals surface area contributed by atoms with Crippen molar-refractivity contribution in [2.75, 3.05) is 18.1 Å². The Labute approximate surface area is 118 Å². The number of anilines is 1. The second kappa shape index (κ2) is 5.94. The van der Waals surface area contributed by atoms with E-state index in [0.29, 0.717) is 35.9 Å². The van der Waals surface area contributed by atoms with E-state index >= 15 is 0 Å². The van der Waals surface area contributed by atoms with Gasteiger partial charge in [0.05, 0.1) is 12.3 Å². The maximum atomic E-state index is 12.2. The van der Waals surface area contributed by atoms with Crippen LogP contribution in [-0.4, -0.2) is 31.4 Å². The van der Waals surface area contributed by atoms with Gasteiger partial charge in [-0.15, -0.1) is 0 Å². The Morgan fingerprint density at radius 1 is 1.40 bits per heavy atom. The molecule has 1 amide bonds. The molecule has 1 aliphatic heterocycles. The van der Waals surface area contributed by atoms with Crippen LogP contribution in [0.5, 0.6) is 11.5 Å². The third-order valence-corrected chi connectivity index (χ3v) is 3.14. The molecule has 0 radical (unpaired) electrons. The summed E-state index contributed by atoms with van der Waals surface area (Å²) in [6.07, 6.45) is 1.03. The molecule has 0 saturated carbocycles. The van der Waals surface area contributed by atoms with Gasteiger partial charge in [0.2, 0.25) is 0 Å². The van der Waals surface area contributed by atoms with E-state index in [1.54, 1.807) is 24.0 Å². The minimum atomic E-state index is -0.546. The number of aldehydes is 1. The van der Waals surface area contributed by atoms with Crippen LogP contribution in [0.1, 0.15) is 37.6 Å². The normalized spacial score (nSPS) is 17.4. The molecule has 1 aromatic carbocycles. The number of hydrogen-bond donors (Lipinski definition) is 0. The Balaban J connectivity index is 2.57. The zero-order chi connectivity index (χ0) is 14.7. The van der Waals surface area contributed by atoms with E-state index in [9.17, 15) is 9.59 Å². The lowest BCUT2D eigenvalue weighted by molar-refractivity contribution is -0.125. The van der Waals surface area contributed by atoms with Crippen LogP contribution in [0.2, 0.25) is 0 Å². The number of carbonyl (C=O) groups excluding carboxylic acids is 2. The molecule has 0 N–H and O–H groups in total. The van der Waals surface area contributed by atoms with Gasteiger partial charge in [-0.05, 0) is 32.4 Å². The lowest BCUT2D eigenvalue weighted by Gasteiger charge is -2.34. The van der Waals surface area contributed by atoms with Crippen molar-refractivity contribution in [2.24, 2.45) is 0 Å². The minimum absolute atomic E-state index is 0.0927. The van der Waals surface area contributed by atoms with Gasteiger partial charge in [-0.2, -0.15) is 0 Å². The van der Waals surface area contributed by atoms with Gasteiger partial charge in [0, 0.05) is 12.1 Å². The first kappa shape index (κ1) is 14.4. The lowest BCUT2D eigenvalue weighted by atomic mass is 10.1. The number of carbonyl (C=O) groups is 2. The largest absolute Gasteiger partial charge is 0.490 e. The van der Waals surface area contributed by atoms with Gasteiger partial charge in [0.25, 0.3) is 5.91 Å². The molecule has 1 heterocycles. The average Bonchev–Trinajstić information content (AvgIpc) is 2.44. The van der Waals surface area contributed by atoms with Crippen LogP contribution >= 0.6 is 0 Å². The minimum Gasteiger partial charge on any atom is -0.490 e. The number of rotatable bonds is 5. The Kier molecular flexibility index (Phi) is 4.27. The summed E-state index contributed by atoms with van der Waals surface area (Å²) < 4.78 is 11.2. The number of fused-ring (bicyclic) bond motifs is 1. The molecule has 5 heteroatoms. The smallest absolute Gasteiger partial charge is 0.267 e. The summed E-state index contributed by atoms with van der Waals surface area (Å²) in [5.74, 6) is 0.954. The van der Waals surface area contributed by atoms with Gasteiger partial charge >= 0.3 is 0 Å². The molecular formula is C15H19NO4. The first-order valence-electron chi connectivity index (χ1n) is 6.86. The van der Waals surface area contributed by atoms with E-state index in [0.717, 1.165) is 12.7 Å². The van der Waals surface area contributed by atoms with Gasteiger partial charge in [-0.25, -0.2) is 0 Å². The van der Waals surface area contributed by atoms with E-state index in [1.807, 2.05) is 13.8 Å². The third-order valence-electron chi connectivity index (χ3n) is 3.14. The molecule has 0 bridgehead atoms. The molecule has 1 aliphatic rings. The Morgan fingerprint density at radius 2 is 2.15 bits per heavy atom. The zero-order valence-corrected chi connectivity index (χ0v) is 12.0. The van der Waals surface area contributed by atoms with E-state index < -0.39 is 6.10 Å². The van der Waals surface area contributed by atoms with Gasteiger partial charge in [0.15, 0.2) is 17.6 Å². The van der Waals surface area contributed by atoms with Crippen molar-refractivity contribution in [1.29, 1.82) is 0 Å². The van der Waals surface area contributed by atoms with Crippen LogP contribution in [0.4, 0.5) is 5.69 Å². The number of hydrogen-bond acceptors (Lipinski definition) is 4. The summed E-state index contributed by atoms with van der Waals surface area (Å²) in [4.78, 5) is 24.9. The maximum absolute atomic E-state index is 12.2. The monoisotopic (exact) mass is 277 g/mol. The van der Waals surface area contributed by atoms with Crippen molar-refractivity contribution in [2.45, 2.75) is 33.3 Å². The van der Waals surface area contributed by atoms with Crippen LogP contribution in [0.3, 0.4) is 0 Å². The predicted molar refractivity (Wildman–Crippen MR) is 75.7 cm³/mol. The van der Waals surface area contributed by atoms with Gasteiger partial charge < -0.3 is 14.4 Å². The molecule has 5 nitrogen and oxygen atoms in total. The van der Waals surface area contributed by atoms with E-state index in [4.69, 9.17) is 9.47 Å². The summed E-state index contributed by atoms with van der Waals surface area (Å²) in [5.41, 5.74) is 1.09. The molecule has 0 spiro atoms. The Morgan fingerprint density at radius 3 is 2.75 bits per heavy atom. The number of amides is 1. The molecule has 20 heavy (non-hydrogen) atoms. The zero-order valence-electron chi connectivity index (χ0n) is 12.0. The topological polar surface area (TPSA) is 55.8 Å². The molecule has 2 rings (SSSR count). The highest BCUT2D eigenvalue weighted by molar-refractivity contribution is 6.01. The van der Waals surface area contributed by atoms with Crippen molar-refractivity contribution >= 4 is 17.9 Å². The van der Waals surface area contributed by atoms with Gasteiger partial charge in [-0.1, -0.05) is 6.92 Å². The summed E-state index contributed by atoms with van der Waals surface area (Å²) in [5, 5.41) is 0. The van der Waals surface area contributed by atoms with Gasteiger partial charge in [-0.3, -0.25) is 9.59 Å². The van der Waals surface area contributed by atoms with E-state index in [2.05, 4.69) is 0 Å². The molecule has 1 atom stereocenters. The van der Waals surface area contributed by atoms with Crippen molar-refractivity contribution in [1.82, 2.24) is 0 Å². The predicted octanol–water partition coefficient (Wildman–Crippen LogP) is 2.42. The standard InChI is InChI=1S/C15H19NO4/c1-4-6-16-12-7-11(9-17)8-13(19-5-2)14(12)20-10(3)15(16)18/h7-10H,4-6H2,1-3H3. The highest BCUT2D eigenvalue weighted by Crippen LogP contribution is 2.42. The maximum Gasteiger partial charge on any atom is 0.267 e.